The highest BCUT2D eigenvalue weighted by Crippen LogP contribution is 2.53. The minimum absolute atomic E-state index is 0.0666. The molecular formula is C67H87N9O20. The van der Waals surface area contributed by atoms with Crippen LogP contribution < -0.4 is 37.1 Å². The number of aliphatic hydroxyl groups is 1. The Labute approximate surface area is 555 Å². The van der Waals surface area contributed by atoms with Crippen LogP contribution in [-0.4, -0.2) is 211 Å². The first-order valence-corrected chi connectivity index (χ1v) is 32.5. The van der Waals surface area contributed by atoms with Crippen LogP contribution in [0.1, 0.15) is 146 Å². The topological polar surface area (TPSA) is 392 Å². The number of likely N-dealkylation sites (tertiary alicyclic amines) is 1. The molecule has 0 bridgehead atoms. The van der Waals surface area contributed by atoms with E-state index in [4.69, 9.17) is 38.9 Å². The number of methoxy groups -OCH3 is 2. The molecule has 8 amide bonds. The summed E-state index contributed by atoms with van der Waals surface area (Å²) in [6.07, 6.45) is -0.253. The number of piperidine rings is 1. The number of primary amides is 1. The number of nitrogens with one attached hydrogen (secondary N) is 5. The van der Waals surface area contributed by atoms with E-state index in [2.05, 4.69) is 26.6 Å². The van der Waals surface area contributed by atoms with Crippen molar-refractivity contribution in [2.24, 2.45) is 11.7 Å². The van der Waals surface area contributed by atoms with E-state index in [0.717, 1.165) is 4.90 Å². The predicted molar refractivity (Wildman–Crippen MR) is 341 cm³/mol. The lowest BCUT2D eigenvalue weighted by molar-refractivity contribution is -0.281. The third-order valence-electron chi connectivity index (χ3n) is 18.4. The first kappa shape index (κ1) is 71.9. The van der Waals surface area contributed by atoms with E-state index in [1.807, 2.05) is 4.90 Å². The maximum Gasteiger partial charge on any atom is 0.410 e. The molecule has 3 fully saturated rings. The number of hydrogen-bond acceptors (Lipinski definition) is 22. The number of Topliss-reactive ketones (excluding diaryl/α,β-unsaturated/α-hetero) is 1. The van der Waals surface area contributed by atoms with Crippen molar-refractivity contribution in [3.63, 3.8) is 0 Å². The van der Waals surface area contributed by atoms with Crippen molar-refractivity contribution < 1.29 is 96.4 Å². The normalized spacial score (nSPS) is 23.3. The maximum absolute atomic E-state index is 14.6. The number of urea groups is 1. The smallest absolute Gasteiger partial charge is 0.410 e. The minimum atomic E-state index is -2.23. The number of benzene rings is 3. The van der Waals surface area contributed by atoms with E-state index >= 15 is 0 Å². The number of rotatable bonds is 28. The molecule has 0 radical (unpaired) electrons. The van der Waals surface area contributed by atoms with Crippen LogP contribution in [0, 0.1) is 5.92 Å². The number of carbonyl (C=O) groups is 10. The molecule has 0 spiro atoms. The molecule has 96 heavy (non-hydrogen) atoms. The number of morpholine rings is 1. The van der Waals surface area contributed by atoms with Crippen LogP contribution in [0.15, 0.2) is 54.6 Å². The zero-order valence-corrected chi connectivity index (χ0v) is 54.8. The second-order valence-corrected chi connectivity index (χ2v) is 25.3. The number of ether oxygens (including phenoxy) is 7. The molecule has 4 heterocycles. The van der Waals surface area contributed by atoms with Crippen LogP contribution >= 0.6 is 0 Å². The number of nitrogens with two attached hydrogens (primary N) is 1. The van der Waals surface area contributed by atoms with Crippen LogP contribution in [0.4, 0.5) is 15.3 Å². The zero-order chi connectivity index (χ0) is 69.1. The van der Waals surface area contributed by atoms with Crippen molar-refractivity contribution in [1.29, 1.82) is 0 Å². The summed E-state index contributed by atoms with van der Waals surface area (Å²) in [5, 5.41) is 51.0. The molecule has 1 unspecified atom stereocenters. The third kappa shape index (κ3) is 16.9. The summed E-state index contributed by atoms with van der Waals surface area (Å²) in [5.41, 5.74) is 2.63. The highest BCUT2D eigenvalue weighted by atomic mass is 16.7. The first-order valence-electron chi connectivity index (χ1n) is 32.5. The van der Waals surface area contributed by atoms with Gasteiger partial charge in [-0.25, -0.2) is 9.59 Å². The van der Waals surface area contributed by atoms with E-state index in [1.165, 1.54) is 49.5 Å². The molecule has 0 saturated carbocycles. The van der Waals surface area contributed by atoms with Gasteiger partial charge in [-0.3, -0.25) is 53.5 Å². The summed E-state index contributed by atoms with van der Waals surface area (Å²) in [5.74, 6) is -6.12. The number of phenols is 2. The van der Waals surface area contributed by atoms with Gasteiger partial charge in [0, 0.05) is 113 Å². The van der Waals surface area contributed by atoms with E-state index in [-0.39, 0.29) is 110 Å². The lowest BCUT2D eigenvalue weighted by atomic mass is 9.71. The van der Waals surface area contributed by atoms with Gasteiger partial charge in [0.25, 0.3) is 11.8 Å². The van der Waals surface area contributed by atoms with Gasteiger partial charge in [-0.1, -0.05) is 44.5 Å². The Morgan fingerprint density at radius 1 is 0.854 bits per heavy atom. The molecule has 9 rings (SSSR count). The molecule has 3 aromatic rings. The van der Waals surface area contributed by atoms with Gasteiger partial charge in [0.05, 0.1) is 55.3 Å². The lowest BCUT2D eigenvalue weighted by Crippen LogP contribution is -2.54. The van der Waals surface area contributed by atoms with Crippen LogP contribution in [-0.2, 0) is 70.2 Å². The molecule has 10 N–H and O–H groups in total. The summed E-state index contributed by atoms with van der Waals surface area (Å²) in [6, 6.07) is 7.76. The highest BCUT2D eigenvalue weighted by molar-refractivity contribution is 6.31. The Bertz CT molecular complexity index is 3430. The van der Waals surface area contributed by atoms with Crippen molar-refractivity contribution in [3.05, 3.63) is 93.6 Å². The molecule has 6 aliphatic rings. The second kappa shape index (κ2) is 32.1. The Morgan fingerprint density at radius 2 is 1.57 bits per heavy atom. The number of amides is 8. The maximum atomic E-state index is 14.6. The van der Waals surface area contributed by atoms with Gasteiger partial charge in [0.2, 0.25) is 23.5 Å². The van der Waals surface area contributed by atoms with Crippen LogP contribution in [0.25, 0.3) is 0 Å². The standard InChI is InChI=1S/C67H87N9O20/c1-36(2)56(73-48(78)15-8-7-9-28-76-49(79)21-22-50(76)80)62(86)72-43(13-11-26-70-65(68)87)61(85)71-39-18-16-38(17-19-39)35-93-66(88)74(4)40-24-29-75(30-25-40)34-47(77)67(89)32-42-53(60(84)55-54(58(42)82)57(81)41-12-10-14-45(90-5)52(41)59(55)83)46(33-67)95-51-23-20-44(37(3)94-51)96-63-64(91-6)92-31-27-69-63/h10,12,14,16-19,21-22,36-37,40,43-44,46,51,56,63-64,69,82,84,89H,7-9,11,13,15,20,23-35H2,1-6H3,(H,71,85)(H,72,86)(H,73,78)(H3,68,70,87)/t37-,43-,44-,46-,51-,56?,63+,64-,67-/m0/s1. The predicted octanol–water partition coefficient (Wildman–Crippen LogP) is 3.25. The van der Waals surface area contributed by atoms with Crippen LogP contribution in [0.5, 0.6) is 17.2 Å². The molecule has 0 aromatic heterocycles. The Balaban J connectivity index is 0.782. The summed E-state index contributed by atoms with van der Waals surface area (Å²) in [7, 11) is 4.46. The van der Waals surface area contributed by atoms with Crippen molar-refractivity contribution in [2.45, 2.75) is 165 Å². The van der Waals surface area contributed by atoms with Crippen molar-refractivity contribution >= 4 is 64.7 Å². The van der Waals surface area contributed by atoms with Gasteiger partial charge in [-0.2, -0.15) is 0 Å². The fraction of sp³-hybridized carbons (Fsp3) is 0.552. The summed E-state index contributed by atoms with van der Waals surface area (Å²) in [4.78, 5) is 137. The Morgan fingerprint density at radius 3 is 2.25 bits per heavy atom. The third-order valence-corrected chi connectivity index (χ3v) is 18.4. The number of ketones is 3. The molecule has 520 valence electrons. The number of phenolic OH excluding ortho intramolecular Hbond substituents is 2. The van der Waals surface area contributed by atoms with E-state index in [1.54, 1.807) is 52.1 Å². The number of carbonyl (C=O) groups excluding carboxylic acids is 10. The van der Waals surface area contributed by atoms with E-state index in [0.29, 0.717) is 76.0 Å². The summed E-state index contributed by atoms with van der Waals surface area (Å²) < 4.78 is 41.5. The molecule has 3 aromatic carbocycles. The first-order chi connectivity index (χ1) is 45.9. The van der Waals surface area contributed by atoms with Gasteiger partial charge in [0.15, 0.2) is 30.4 Å². The molecule has 29 nitrogen and oxygen atoms in total. The fourth-order valence-corrected chi connectivity index (χ4v) is 13.0. The average Bonchev–Trinajstić information content (AvgIpc) is 0.741. The Hall–Kier alpha value is -8.42. The summed E-state index contributed by atoms with van der Waals surface area (Å²) in [6.45, 7) is 6.90. The zero-order valence-electron chi connectivity index (χ0n) is 54.8. The van der Waals surface area contributed by atoms with Gasteiger partial charge in [-0.15, -0.1) is 0 Å². The van der Waals surface area contributed by atoms with Crippen LogP contribution in [0.2, 0.25) is 0 Å². The molecule has 29 heteroatoms. The lowest BCUT2D eigenvalue weighted by Gasteiger charge is -2.43. The highest BCUT2D eigenvalue weighted by Gasteiger charge is 2.51. The quantitative estimate of drug-likeness (QED) is 0.0224. The molecule has 3 saturated heterocycles. The van der Waals surface area contributed by atoms with Crippen molar-refractivity contribution in [2.75, 3.05) is 72.5 Å². The molecule has 4 aliphatic heterocycles. The average molecular weight is 1340 g/mol. The van der Waals surface area contributed by atoms with Gasteiger partial charge >= 0.3 is 12.1 Å². The largest absolute Gasteiger partial charge is 0.507 e. The number of imide groups is 1. The number of hydrogen-bond donors (Lipinski definition) is 9. The number of nitrogens with zero attached hydrogens (tertiary/aromatic N) is 3. The van der Waals surface area contributed by atoms with Gasteiger partial charge in [0.1, 0.15) is 41.5 Å². The number of unbranched alkanes of at least 4 members (excludes halogenated alkanes) is 2. The van der Waals surface area contributed by atoms with Crippen LogP contribution in [0.3, 0.4) is 0 Å². The molecule has 2 aliphatic carbocycles. The molecule has 9 atom stereocenters. The minimum Gasteiger partial charge on any atom is -0.507 e. The second-order valence-electron chi connectivity index (χ2n) is 25.3. The number of anilines is 1. The van der Waals surface area contributed by atoms with E-state index < -0.39 is 132 Å². The van der Waals surface area contributed by atoms with Crippen molar-refractivity contribution in [3.8, 4) is 17.2 Å². The molecular weight excluding hydrogens is 1250 g/mol. The number of fused-ring (bicyclic) bond motifs is 3. The summed E-state index contributed by atoms with van der Waals surface area (Å²) >= 11 is 0. The van der Waals surface area contributed by atoms with Gasteiger partial charge < -0.3 is 80.4 Å². The van der Waals surface area contributed by atoms with Gasteiger partial charge in [-0.05, 0) is 81.5 Å². The van der Waals surface area contributed by atoms with E-state index in [9.17, 15) is 63.3 Å². The Kier molecular flexibility index (Phi) is 24.0. The fourth-order valence-electron chi connectivity index (χ4n) is 13.0. The SMILES string of the molecule is COc1cccc2c1C(=O)c1c(O)c3c(c(O)c1C2=O)C[C@@](O)(C(=O)CN1CCC(N(C)C(=O)OCc2ccc(NC(=O)[C@H](CCCNC(N)=O)NC(=O)C(NC(=O)CCCCCN4C(=O)C=CC4=O)C(C)C)cc2)CC1)C[C@@H]3O[C@H]1CC[C@H](O[C@H]2NCCO[C@@H]2OC)[C@H](C)O1. The number of aromatic hydroxyl groups is 2. The monoisotopic (exact) mass is 1340 g/mol. The van der Waals surface area contributed by atoms with Crippen molar-refractivity contribution in [1.82, 2.24) is 36.0 Å².